The molecule has 1 heterocycles. The first-order valence-electron chi connectivity index (χ1n) is 5.10. The third kappa shape index (κ3) is 2.79. The molecule has 0 unspecified atom stereocenters. The normalized spacial score (nSPS) is 10.6. The van der Waals surface area contributed by atoms with Crippen molar-refractivity contribution in [1.82, 2.24) is 14.8 Å². The van der Waals surface area contributed by atoms with Crippen molar-refractivity contribution >= 4 is 33.2 Å². The second-order valence-corrected chi connectivity index (χ2v) is 5.00. The van der Waals surface area contributed by atoms with Crippen LogP contribution in [-0.4, -0.2) is 14.8 Å². The van der Waals surface area contributed by atoms with Crippen molar-refractivity contribution in [1.29, 1.82) is 0 Å². The van der Waals surface area contributed by atoms with E-state index in [2.05, 4.69) is 31.3 Å². The van der Waals surface area contributed by atoms with Crippen molar-refractivity contribution in [3.05, 3.63) is 39.3 Å². The lowest BCUT2D eigenvalue weighted by Gasteiger charge is -2.10. The molecule has 0 spiro atoms. The lowest BCUT2D eigenvalue weighted by atomic mass is 10.2. The van der Waals surface area contributed by atoms with E-state index in [1.54, 1.807) is 4.68 Å². The topological polar surface area (TPSA) is 42.7 Å². The van der Waals surface area contributed by atoms with Gasteiger partial charge in [-0.2, -0.15) is 5.10 Å². The molecule has 0 bridgehead atoms. The van der Waals surface area contributed by atoms with Crippen LogP contribution in [0.1, 0.15) is 11.4 Å². The molecule has 0 radical (unpaired) electrons. The molecule has 0 fully saturated rings. The van der Waals surface area contributed by atoms with Gasteiger partial charge in [-0.15, -0.1) is 0 Å². The van der Waals surface area contributed by atoms with Gasteiger partial charge in [0, 0.05) is 16.5 Å². The minimum Gasteiger partial charge on any atom is -0.377 e. The second-order valence-electron chi connectivity index (χ2n) is 3.73. The molecular weight excluding hydrogens is 304 g/mol. The third-order valence-corrected chi connectivity index (χ3v) is 3.55. The number of hydrogen-bond acceptors (Lipinski definition) is 3. The standard InChI is InChI=1S/C11H12BrClN4/c1-7-3-8(12)10(4-9(7)13)14-5-11-15-6-16-17(11)2/h3-4,6,14H,5H2,1-2H3. The van der Waals surface area contributed by atoms with Crippen LogP contribution in [0.4, 0.5) is 5.69 Å². The maximum atomic E-state index is 6.08. The Morgan fingerprint density at radius 2 is 2.24 bits per heavy atom. The van der Waals surface area contributed by atoms with Crippen LogP contribution in [0.5, 0.6) is 0 Å². The highest BCUT2D eigenvalue weighted by Crippen LogP contribution is 2.29. The molecule has 90 valence electrons. The summed E-state index contributed by atoms with van der Waals surface area (Å²) in [6, 6.07) is 3.89. The minimum atomic E-state index is 0.606. The quantitative estimate of drug-likeness (QED) is 0.946. The summed E-state index contributed by atoms with van der Waals surface area (Å²) >= 11 is 9.58. The summed E-state index contributed by atoms with van der Waals surface area (Å²) in [6.45, 7) is 2.58. The molecule has 1 N–H and O–H groups in total. The lowest BCUT2D eigenvalue weighted by Crippen LogP contribution is -2.07. The molecule has 4 nitrogen and oxygen atoms in total. The van der Waals surface area contributed by atoms with Crippen molar-refractivity contribution in [2.45, 2.75) is 13.5 Å². The molecule has 2 rings (SSSR count). The summed E-state index contributed by atoms with van der Waals surface area (Å²) in [5.41, 5.74) is 1.99. The number of anilines is 1. The molecule has 0 saturated heterocycles. The first-order valence-corrected chi connectivity index (χ1v) is 6.27. The maximum absolute atomic E-state index is 6.08. The Hall–Kier alpha value is -1.07. The number of nitrogens with zero attached hydrogens (tertiary/aromatic N) is 3. The van der Waals surface area contributed by atoms with Crippen molar-refractivity contribution in [3.8, 4) is 0 Å². The maximum Gasteiger partial charge on any atom is 0.145 e. The summed E-state index contributed by atoms with van der Waals surface area (Å²) < 4.78 is 2.72. The average Bonchev–Trinajstić information content (AvgIpc) is 2.68. The molecule has 1 aromatic heterocycles. The van der Waals surface area contributed by atoms with Gasteiger partial charge >= 0.3 is 0 Å². The van der Waals surface area contributed by atoms with Crippen molar-refractivity contribution in [2.24, 2.45) is 7.05 Å². The van der Waals surface area contributed by atoms with Gasteiger partial charge in [0.1, 0.15) is 12.2 Å². The van der Waals surface area contributed by atoms with Crippen LogP contribution in [0.2, 0.25) is 5.02 Å². The molecule has 6 heteroatoms. The van der Waals surface area contributed by atoms with E-state index in [-0.39, 0.29) is 0 Å². The van der Waals surface area contributed by atoms with Gasteiger partial charge in [-0.3, -0.25) is 4.68 Å². The van der Waals surface area contributed by atoms with Crippen LogP contribution < -0.4 is 5.32 Å². The van der Waals surface area contributed by atoms with Crippen molar-refractivity contribution < 1.29 is 0 Å². The molecule has 1 aromatic carbocycles. The highest BCUT2D eigenvalue weighted by atomic mass is 79.9. The fraction of sp³-hybridized carbons (Fsp3) is 0.273. The van der Waals surface area contributed by atoms with E-state index in [0.29, 0.717) is 6.54 Å². The Kier molecular flexibility index (Phi) is 3.69. The first kappa shape index (κ1) is 12.4. The molecule has 0 aliphatic heterocycles. The number of aryl methyl sites for hydroxylation is 2. The third-order valence-electron chi connectivity index (χ3n) is 2.49. The van der Waals surface area contributed by atoms with Crippen LogP contribution in [0.3, 0.4) is 0 Å². The lowest BCUT2D eigenvalue weighted by molar-refractivity contribution is 0.712. The highest BCUT2D eigenvalue weighted by molar-refractivity contribution is 9.10. The molecule has 0 saturated carbocycles. The summed E-state index contributed by atoms with van der Waals surface area (Å²) in [4.78, 5) is 4.14. The van der Waals surface area contributed by atoms with Crippen LogP contribution in [-0.2, 0) is 13.6 Å². The molecule has 17 heavy (non-hydrogen) atoms. The predicted molar refractivity (Wildman–Crippen MR) is 72.2 cm³/mol. The van der Waals surface area contributed by atoms with Gasteiger partial charge in [0.05, 0.1) is 12.2 Å². The monoisotopic (exact) mass is 314 g/mol. The molecule has 0 amide bonds. The minimum absolute atomic E-state index is 0.606. The van der Waals surface area contributed by atoms with Crippen LogP contribution in [0.15, 0.2) is 22.9 Å². The highest BCUT2D eigenvalue weighted by Gasteiger charge is 2.05. The van der Waals surface area contributed by atoms with Crippen molar-refractivity contribution in [2.75, 3.05) is 5.32 Å². The Balaban J connectivity index is 2.14. The largest absolute Gasteiger partial charge is 0.377 e. The number of nitrogens with one attached hydrogen (secondary N) is 1. The van der Waals surface area contributed by atoms with Gasteiger partial charge in [0.25, 0.3) is 0 Å². The van der Waals surface area contributed by atoms with Gasteiger partial charge in [-0.25, -0.2) is 4.98 Å². The van der Waals surface area contributed by atoms with Gasteiger partial charge < -0.3 is 5.32 Å². The van der Waals surface area contributed by atoms with Gasteiger partial charge in [0.15, 0.2) is 0 Å². The second kappa shape index (κ2) is 5.06. The van der Waals surface area contributed by atoms with Crippen LogP contribution in [0, 0.1) is 6.92 Å². The van der Waals surface area contributed by atoms with Gasteiger partial charge in [-0.1, -0.05) is 11.6 Å². The van der Waals surface area contributed by atoms with E-state index < -0.39 is 0 Å². The Labute approximate surface area is 113 Å². The van der Waals surface area contributed by atoms with Gasteiger partial charge in [-0.05, 0) is 40.5 Å². The zero-order valence-corrected chi connectivity index (χ0v) is 11.9. The smallest absolute Gasteiger partial charge is 0.145 e. The van der Waals surface area contributed by atoms with E-state index in [1.165, 1.54) is 6.33 Å². The molecule has 0 aliphatic rings. The molecule has 0 aliphatic carbocycles. The fourth-order valence-electron chi connectivity index (χ4n) is 1.44. The van der Waals surface area contributed by atoms with E-state index in [0.717, 1.165) is 26.6 Å². The van der Waals surface area contributed by atoms with Gasteiger partial charge in [0.2, 0.25) is 0 Å². The summed E-state index contributed by atoms with van der Waals surface area (Å²) in [7, 11) is 1.86. The summed E-state index contributed by atoms with van der Waals surface area (Å²) in [6.07, 6.45) is 1.54. The summed E-state index contributed by atoms with van der Waals surface area (Å²) in [5.74, 6) is 0.869. The Morgan fingerprint density at radius 3 is 2.88 bits per heavy atom. The van der Waals surface area contributed by atoms with Crippen LogP contribution in [0.25, 0.3) is 0 Å². The Morgan fingerprint density at radius 1 is 1.47 bits per heavy atom. The number of rotatable bonds is 3. The predicted octanol–water partition coefficient (Wildman–Crippen LogP) is 3.15. The SMILES string of the molecule is Cc1cc(Br)c(NCc2ncnn2C)cc1Cl. The zero-order valence-electron chi connectivity index (χ0n) is 9.54. The molecular formula is C11H12BrClN4. The van der Waals surface area contributed by atoms with E-state index in [4.69, 9.17) is 11.6 Å². The van der Waals surface area contributed by atoms with Crippen LogP contribution >= 0.6 is 27.5 Å². The number of benzene rings is 1. The first-order chi connectivity index (χ1) is 8.08. The Bertz CT molecular complexity index is 538. The zero-order chi connectivity index (χ0) is 12.4. The van der Waals surface area contributed by atoms with E-state index >= 15 is 0 Å². The molecule has 2 aromatic rings. The average molecular weight is 316 g/mol. The van der Waals surface area contributed by atoms with E-state index in [1.807, 2.05) is 26.1 Å². The number of aromatic nitrogens is 3. The number of halogens is 2. The van der Waals surface area contributed by atoms with Crippen molar-refractivity contribution in [3.63, 3.8) is 0 Å². The van der Waals surface area contributed by atoms with E-state index in [9.17, 15) is 0 Å². The molecule has 0 atom stereocenters. The number of hydrogen-bond donors (Lipinski definition) is 1. The fourth-order valence-corrected chi connectivity index (χ4v) is 2.20. The summed E-state index contributed by atoms with van der Waals surface area (Å²) in [5, 5.41) is 8.02.